The summed E-state index contributed by atoms with van der Waals surface area (Å²) in [6.45, 7) is 6.09. The Balaban J connectivity index is 2.13. The molecule has 0 aliphatic rings. The second-order valence-corrected chi connectivity index (χ2v) is 4.97. The van der Waals surface area contributed by atoms with Crippen molar-refractivity contribution in [1.29, 1.82) is 0 Å². The summed E-state index contributed by atoms with van der Waals surface area (Å²) in [5, 5.41) is 3.33. The third-order valence-corrected chi connectivity index (χ3v) is 2.68. The van der Waals surface area contributed by atoms with E-state index in [0.29, 0.717) is 5.92 Å². The van der Waals surface area contributed by atoms with Gasteiger partial charge < -0.3 is 11.1 Å². The highest BCUT2D eigenvalue weighted by molar-refractivity contribution is 5.16. The Morgan fingerprint density at radius 3 is 2.47 bits per heavy atom. The smallest absolute Gasteiger partial charge is 0.123 e. The molecule has 0 amide bonds. The van der Waals surface area contributed by atoms with Crippen LogP contribution >= 0.6 is 0 Å². The number of halogens is 1. The Morgan fingerprint density at radius 1 is 1.24 bits per heavy atom. The lowest BCUT2D eigenvalue weighted by atomic mass is 10.0. The first-order chi connectivity index (χ1) is 8.08. The van der Waals surface area contributed by atoms with E-state index in [1.54, 1.807) is 0 Å². The molecule has 0 bridgehead atoms. The minimum Gasteiger partial charge on any atom is -0.327 e. The van der Waals surface area contributed by atoms with Crippen LogP contribution in [-0.2, 0) is 6.42 Å². The van der Waals surface area contributed by atoms with E-state index >= 15 is 0 Å². The van der Waals surface area contributed by atoms with E-state index in [9.17, 15) is 4.39 Å². The normalized spacial score (nSPS) is 13.0. The van der Waals surface area contributed by atoms with E-state index < -0.39 is 0 Å². The molecule has 2 nitrogen and oxygen atoms in total. The van der Waals surface area contributed by atoms with Crippen molar-refractivity contribution >= 4 is 0 Å². The van der Waals surface area contributed by atoms with Gasteiger partial charge in [-0.05, 0) is 43.0 Å². The minimum absolute atomic E-state index is 0.180. The molecule has 0 saturated heterocycles. The van der Waals surface area contributed by atoms with Crippen LogP contribution in [0.3, 0.4) is 0 Å². The monoisotopic (exact) mass is 238 g/mol. The zero-order chi connectivity index (χ0) is 12.7. The summed E-state index contributed by atoms with van der Waals surface area (Å²) in [7, 11) is 0. The van der Waals surface area contributed by atoms with E-state index in [4.69, 9.17) is 5.73 Å². The zero-order valence-electron chi connectivity index (χ0n) is 10.7. The maximum absolute atomic E-state index is 12.7. The molecule has 17 heavy (non-hydrogen) atoms. The van der Waals surface area contributed by atoms with E-state index in [0.717, 1.165) is 31.5 Å². The third-order valence-electron chi connectivity index (χ3n) is 2.68. The molecule has 0 spiro atoms. The van der Waals surface area contributed by atoms with Gasteiger partial charge in [0, 0.05) is 12.6 Å². The topological polar surface area (TPSA) is 38.0 Å². The van der Waals surface area contributed by atoms with Gasteiger partial charge in [-0.25, -0.2) is 4.39 Å². The minimum atomic E-state index is -0.180. The standard InChI is InChI=1S/C14H23FN2/c1-11(2)9-14(16)10-17-8-7-12-3-5-13(15)6-4-12/h3-6,11,14,17H,7-10,16H2,1-2H3. The second-order valence-electron chi connectivity index (χ2n) is 4.97. The van der Waals surface area contributed by atoms with Crippen LogP contribution in [-0.4, -0.2) is 19.1 Å². The van der Waals surface area contributed by atoms with Crippen LogP contribution < -0.4 is 11.1 Å². The van der Waals surface area contributed by atoms with Crippen molar-refractivity contribution in [2.24, 2.45) is 11.7 Å². The number of nitrogens with two attached hydrogens (primary N) is 1. The Hall–Kier alpha value is -0.930. The van der Waals surface area contributed by atoms with Crippen LogP contribution in [0.15, 0.2) is 24.3 Å². The van der Waals surface area contributed by atoms with Crippen molar-refractivity contribution in [3.8, 4) is 0 Å². The van der Waals surface area contributed by atoms with Gasteiger partial charge in [0.25, 0.3) is 0 Å². The predicted molar refractivity (Wildman–Crippen MR) is 70.4 cm³/mol. The quantitative estimate of drug-likeness (QED) is 0.716. The molecule has 0 radical (unpaired) electrons. The summed E-state index contributed by atoms with van der Waals surface area (Å²) in [6, 6.07) is 6.87. The zero-order valence-corrected chi connectivity index (χ0v) is 10.7. The molecule has 3 N–H and O–H groups in total. The van der Waals surface area contributed by atoms with Gasteiger partial charge in [-0.2, -0.15) is 0 Å². The van der Waals surface area contributed by atoms with Gasteiger partial charge in [0.1, 0.15) is 5.82 Å². The Kier molecular flexibility index (Phi) is 6.16. The van der Waals surface area contributed by atoms with Gasteiger partial charge in [0.05, 0.1) is 0 Å². The van der Waals surface area contributed by atoms with E-state index in [1.165, 1.54) is 12.1 Å². The molecular formula is C14H23FN2. The summed E-state index contributed by atoms with van der Waals surface area (Å²) >= 11 is 0. The molecule has 0 aliphatic heterocycles. The Labute approximate surface area is 103 Å². The van der Waals surface area contributed by atoms with Crippen LogP contribution in [0.5, 0.6) is 0 Å². The highest BCUT2D eigenvalue weighted by atomic mass is 19.1. The van der Waals surface area contributed by atoms with E-state index in [1.807, 2.05) is 12.1 Å². The summed E-state index contributed by atoms with van der Waals surface area (Å²) in [5.74, 6) is 0.463. The average Bonchev–Trinajstić information content (AvgIpc) is 2.26. The lowest BCUT2D eigenvalue weighted by molar-refractivity contribution is 0.469. The Bertz CT molecular complexity index is 309. The van der Waals surface area contributed by atoms with Crippen molar-refractivity contribution < 1.29 is 4.39 Å². The SMILES string of the molecule is CC(C)CC(N)CNCCc1ccc(F)cc1. The van der Waals surface area contributed by atoms with Crippen molar-refractivity contribution in [2.75, 3.05) is 13.1 Å². The first kappa shape index (κ1) is 14.1. The lowest BCUT2D eigenvalue weighted by Gasteiger charge is -2.14. The van der Waals surface area contributed by atoms with Crippen LogP contribution in [0.1, 0.15) is 25.8 Å². The fourth-order valence-electron chi connectivity index (χ4n) is 1.86. The van der Waals surface area contributed by atoms with Gasteiger partial charge in [0.2, 0.25) is 0 Å². The van der Waals surface area contributed by atoms with E-state index in [-0.39, 0.29) is 11.9 Å². The van der Waals surface area contributed by atoms with Gasteiger partial charge in [-0.15, -0.1) is 0 Å². The number of rotatable bonds is 7. The second kappa shape index (κ2) is 7.41. The van der Waals surface area contributed by atoms with Crippen molar-refractivity contribution in [1.82, 2.24) is 5.32 Å². The summed E-state index contributed by atoms with van der Waals surface area (Å²) in [6.07, 6.45) is 1.96. The van der Waals surface area contributed by atoms with E-state index in [2.05, 4.69) is 19.2 Å². The molecule has 1 aromatic carbocycles. The van der Waals surface area contributed by atoms with Crippen LogP contribution in [0.4, 0.5) is 4.39 Å². The molecule has 1 rings (SSSR count). The van der Waals surface area contributed by atoms with Gasteiger partial charge in [-0.3, -0.25) is 0 Å². The molecule has 3 heteroatoms. The molecule has 0 heterocycles. The molecule has 0 fully saturated rings. The fourth-order valence-corrected chi connectivity index (χ4v) is 1.86. The van der Waals surface area contributed by atoms with Crippen molar-refractivity contribution in [3.63, 3.8) is 0 Å². The highest BCUT2D eigenvalue weighted by Crippen LogP contribution is 2.03. The Morgan fingerprint density at radius 2 is 1.88 bits per heavy atom. The maximum atomic E-state index is 12.7. The molecule has 1 unspecified atom stereocenters. The number of hydrogen-bond donors (Lipinski definition) is 2. The predicted octanol–water partition coefficient (Wildman–Crippen LogP) is 2.33. The first-order valence-electron chi connectivity index (χ1n) is 6.28. The lowest BCUT2D eigenvalue weighted by Crippen LogP contribution is -2.35. The molecule has 0 aromatic heterocycles. The maximum Gasteiger partial charge on any atom is 0.123 e. The molecular weight excluding hydrogens is 215 g/mol. The highest BCUT2D eigenvalue weighted by Gasteiger charge is 2.04. The summed E-state index contributed by atoms with van der Waals surface area (Å²) in [5.41, 5.74) is 7.11. The third kappa shape index (κ3) is 6.39. The molecule has 96 valence electrons. The summed E-state index contributed by atoms with van der Waals surface area (Å²) < 4.78 is 12.7. The van der Waals surface area contributed by atoms with Crippen LogP contribution in [0.2, 0.25) is 0 Å². The number of nitrogens with one attached hydrogen (secondary N) is 1. The largest absolute Gasteiger partial charge is 0.327 e. The van der Waals surface area contributed by atoms with Gasteiger partial charge in [0.15, 0.2) is 0 Å². The van der Waals surface area contributed by atoms with Gasteiger partial charge in [-0.1, -0.05) is 26.0 Å². The molecule has 1 atom stereocenters. The van der Waals surface area contributed by atoms with Crippen molar-refractivity contribution in [2.45, 2.75) is 32.7 Å². The van der Waals surface area contributed by atoms with Crippen LogP contribution in [0.25, 0.3) is 0 Å². The average molecular weight is 238 g/mol. The van der Waals surface area contributed by atoms with Crippen molar-refractivity contribution in [3.05, 3.63) is 35.6 Å². The van der Waals surface area contributed by atoms with Crippen LogP contribution in [0, 0.1) is 11.7 Å². The molecule has 1 aromatic rings. The number of hydrogen-bond acceptors (Lipinski definition) is 2. The molecule has 0 aliphatic carbocycles. The molecule has 0 saturated carbocycles. The number of benzene rings is 1. The van der Waals surface area contributed by atoms with Gasteiger partial charge >= 0.3 is 0 Å². The first-order valence-corrected chi connectivity index (χ1v) is 6.28. The summed E-state index contributed by atoms with van der Waals surface area (Å²) in [4.78, 5) is 0. The fraction of sp³-hybridized carbons (Fsp3) is 0.571.